The molecule has 1 aliphatic heterocycles. The zero-order chi connectivity index (χ0) is 15.1. The Kier molecular flexibility index (Phi) is 3.87. The molecule has 0 saturated heterocycles. The second-order valence-electron chi connectivity index (χ2n) is 6.33. The zero-order valence-corrected chi connectivity index (χ0v) is 13.1. The Morgan fingerprint density at radius 1 is 1.45 bits per heavy atom. The van der Waals surface area contributed by atoms with Gasteiger partial charge >= 0.3 is 6.09 Å². The van der Waals surface area contributed by atoms with Crippen LogP contribution < -0.4 is 5.73 Å². The van der Waals surface area contributed by atoms with E-state index in [4.69, 9.17) is 22.1 Å². The molecule has 2 rings (SSSR count). The topological polar surface area (TPSA) is 55.6 Å². The lowest BCUT2D eigenvalue weighted by atomic mass is 9.91. The first-order valence-corrected chi connectivity index (χ1v) is 7.11. The van der Waals surface area contributed by atoms with E-state index < -0.39 is 5.60 Å². The number of halogens is 1. The summed E-state index contributed by atoms with van der Waals surface area (Å²) in [7, 11) is 0. The molecule has 0 aliphatic carbocycles. The number of nitrogens with two attached hydrogens (primary N) is 1. The van der Waals surface area contributed by atoms with Crippen molar-refractivity contribution in [2.45, 2.75) is 45.8 Å². The molecule has 1 aliphatic rings. The molecular formula is C15H21ClN2O2. The van der Waals surface area contributed by atoms with Crippen molar-refractivity contribution in [1.82, 2.24) is 4.90 Å². The van der Waals surface area contributed by atoms with Crippen molar-refractivity contribution in [2.75, 3.05) is 12.3 Å². The molecular weight excluding hydrogens is 276 g/mol. The Labute approximate surface area is 124 Å². The van der Waals surface area contributed by atoms with E-state index in [9.17, 15) is 4.79 Å². The van der Waals surface area contributed by atoms with E-state index in [1.54, 1.807) is 4.90 Å². The van der Waals surface area contributed by atoms with E-state index >= 15 is 0 Å². The molecule has 20 heavy (non-hydrogen) atoms. The summed E-state index contributed by atoms with van der Waals surface area (Å²) >= 11 is 6.07. The number of hydrogen-bond donors (Lipinski definition) is 1. The van der Waals surface area contributed by atoms with Gasteiger partial charge in [-0.05, 0) is 49.9 Å². The van der Waals surface area contributed by atoms with Gasteiger partial charge in [-0.2, -0.15) is 0 Å². The predicted octanol–water partition coefficient (Wildman–Crippen LogP) is 3.78. The molecule has 0 bridgehead atoms. The Hall–Kier alpha value is -1.42. The van der Waals surface area contributed by atoms with Crippen LogP contribution in [-0.4, -0.2) is 23.1 Å². The second kappa shape index (κ2) is 5.17. The van der Waals surface area contributed by atoms with Crippen molar-refractivity contribution in [1.29, 1.82) is 0 Å². The molecule has 5 heteroatoms. The van der Waals surface area contributed by atoms with Gasteiger partial charge < -0.3 is 15.4 Å². The lowest BCUT2D eigenvalue weighted by Gasteiger charge is -2.34. The van der Waals surface area contributed by atoms with Crippen molar-refractivity contribution in [3.8, 4) is 0 Å². The molecule has 1 amide bonds. The van der Waals surface area contributed by atoms with Gasteiger partial charge in [0.25, 0.3) is 0 Å². The summed E-state index contributed by atoms with van der Waals surface area (Å²) in [5, 5.41) is 0.530. The quantitative estimate of drug-likeness (QED) is 0.741. The van der Waals surface area contributed by atoms with Crippen LogP contribution >= 0.6 is 11.6 Å². The molecule has 4 nitrogen and oxygen atoms in total. The van der Waals surface area contributed by atoms with E-state index in [0.717, 1.165) is 11.1 Å². The van der Waals surface area contributed by atoms with Crippen molar-refractivity contribution in [3.63, 3.8) is 0 Å². The molecule has 0 radical (unpaired) electrons. The van der Waals surface area contributed by atoms with Crippen LogP contribution in [-0.2, 0) is 11.3 Å². The number of amides is 1. The van der Waals surface area contributed by atoms with Crippen LogP contribution in [0.15, 0.2) is 12.1 Å². The Balaban J connectivity index is 2.23. The predicted molar refractivity (Wildman–Crippen MR) is 80.9 cm³/mol. The van der Waals surface area contributed by atoms with Crippen LogP contribution in [0.4, 0.5) is 10.5 Å². The van der Waals surface area contributed by atoms with E-state index in [1.165, 1.54) is 0 Å². The fourth-order valence-corrected chi connectivity index (χ4v) is 2.60. The number of anilines is 1. The van der Waals surface area contributed by atoms with Crippen LogP contribution in [0.5, 0.6) is 0 Å². The van der Waals surface area contributed by atoms with Crippen LogP contribution in [0.3, 0.4) is 0 Å². The average Bonchev–Trinajstić information content (AvgIpc) is 2.29. The average molecular weight is 297 g/mol. The highest BCUT2D eigenvalue weighted by Crippen LogP contribution is 2.33. The molecule has 1 atom stereocenters. The van der Waals surface area contributed by atoms with Gasteiger partial charge in [0.15, 0.2) is 0 Å². The summed E-state index contributed by atoms with van der Waals surface area (Å²) < 4.78 is 5.42. The first kappa shape index (κ1) is 15.0. The highest BCUT2D eigenvalue weighted by atomic mass is 35.5. The molecule has 0 spiro atoms. The lowest BCUT2D eigenvalue weighted by Crippen LogP contribution is -2.41. The van der Waals surface area contributed by atoms with Crippen LogP contribution in [0.2, 0.25) is 5.02 Å². The van der Waals surface area contributed by atoms with Gasteiger partial charge in [0.05, 0.1) is 10.7 Å². The number of rotatable bonds is 0. The lowest BCUT2D eigenvalue weighted by molar-refractivity contribution is 0.0209. The Bertz CT molecular complexity index is 537. The zero-order valence-electron chi connectivity index (χ0n) is 12.4. The van der Waals surface area contributed by atoms with Crippen LogP contribution in [0, 0.1) is 0 Å². The highest BCUT2D eigenvalue weighted by Gasteiger charge is 2.29. The van der Waals surface area contributed by atoms with Crippen molar-refractivity contribution >= 4 is 23.4 Å². The summed E-state index contributed by atoms with van der Waals surface area (Å²) in [4.78, 5) is 13.9. The standard InChI is InChI=1S/C15H21ClN2O2/c1-9-7-18(14(19)20-15(2,3)4)8-10-5-12(16)13(17)6-11(9)10/h5-6,9H,7-8,17H2,1-4H3/t9-/m1/s1. The third kappa shape index (κ3) is 3.18. The highest BCUT2D eigenvalue weighted by molar-refractivity contribution is 6.33. The largest absolute Gasteiger partial charge is 0.444 e. The van der Waals surface area contributed by atoms with Gasteiger partial charge in [0, 0.05) is 13.1 Å². The van der Waals surface area contributed by atoms with E-state index in [0.29, 0.717) is 23.8 Å². The SMILES string of the molecule is C[C@@H]1CN(C(=O)OC(C)(C)C)Cc2cc(Cl)c(N)cc21. The smallest absolute Gasteiger partial charge is 0.410 e. The fourth-order valence-electron chi connectivity index (χ4n) is 2.41. The Morgan fingerprint density at radius 3 is 2.70 bits per heavy atom. The minimum absolute atomic E-state index is 0.214. The molecule has 0 unspecified atom stereocenters. The van der Waals surface area contributed by atoms with E-state index in [-0.39, 0.29) is 12.0 Å². The molecule has 0 aromatic heterocycles. The number of benzene rings is 1. The maximum atomic E-state index is 12.2. The second-order valence-corrected chi connectivity index (χ2v) is 6.74. The molecule has 0 saturated carbocycles. The minimum atomic E-state index is -0.487. The molecule has 1 heterocycles. The molecule has 1 aromatic rings. The van der Waals surface area contributed by atoms with Crippen molar-refractivity contribution < 1.29 is 9.53 Å². The summed E-state index contributed by atoms with van der Waals surface area (Å²) in [6.45, 7) is 8.80. The number of hydrogen-bond acceptors (Lipinski definition) is 3. The van der Waals surface area contributed by atoms with E-state index in [2.05, 4.69) is 6.92 Å². The van der Waals surface area contributed by atoms with Gasteiger partial charge in [-0.25, -0.2) is 4.79 Å². The van der Waals surface area contributed by atoms with Crippen LogP contribution in [0.1, 0.15) is 44.7 Å². The van der Waals surface area contributed by atoms with Crippen molar-refractivity contribution in [2.24, 2.45) is 0 Å². The monoisotopic (exact) mass is 296 g/mol. The van der Waals surface area contributed by atoms with Gasteiger partial charge in [-0.3, -0.25) is 0 Å². The number of carbonyl (C=O) groups excluding carboxylic acids is 1. The molecule has 1 aromatic carbocycles. The third-order valence-electron chi connectivity index (χ3n) is 3.30. The molecule has 2 N–H and O–H groups in total. The number of ether oxygens (including phenoxy) is 1. The number of nitrogens with zero attached hydrogens (tertiary/aromatic N) is 1. The van der Waals surface area contributed by atoms with Gasteiger partial charge in [0.2, 0.25) is 0 Å². The first-order chi connectivity index (χ1) is 9.17. The normalized spacial score (nSPS) is 18.6. The number of nitrogen functional groups attached to an aromatic ring is 1. The summed E-state index contributed by atoms with van der Waals surface area (Å²) in [6, 6.07) is 3.76. The number of fused-ring (bicyclic) bond motifs is 1. The number of carbonyl (C=O) groups is 1. The fraction of sp³-hybridized carbons (Fsp3) is 0.533. The van der Waals surface area contributed by atoms with Gasteiger partial charge in [-0.1, -0.05) is 18.5 Å². The van der Waals surface area contributed by atoms with Gasteiger partial charge in [-0.15, -0.1) is 0 Å². The summed E-state index contributed by atoms with van der Waals surface area (Å²) in [5.74, 6) is 0.214. The van der Waals surface area contributed by atoms with Gasteiger partial charge in [0.1, 0.15) is 5.60 Å². The molecule has 0 fully saturated rings. The maximum absolute atomic E-state index is 12.2. The summed E-state index contributed by atoms with van der Waals surface area (Å²) in [6.07, 6.45) is -0.289. The van der Waals surface area contributed by atoms with Crippen LogP contribution in [0.25, 0.3) is 0 Å². The Morgan fingerprint density at radius 2 is 2.10 bits per heavy atom. The van der Waals surface area contributed by atoms with E-state index in [1.807, 2.05) is 32.9 Å². The van der Waals surface area contributed by atoms with Crippen molar-refractivity contribution in [3.05, 3.63) is 28.3 Å². The third-order valence-corrected chi connectivity index (χ3v) is 3.62. The summed E-state index contributed by atoms with van der Waals surface area (Å²) in [5.41, 5.74) is 8.14. The maximum Gasteiger partial charge on any atom is 0.410 e. The first-order valence-electron chi connectivity index (χ1n) is 6.73. The minimum Gasteiger partial charge on any atom is -0.444 e. The molecule has 110 valence electrons.